The molecule has 0 spiro atoms. The van der Waals surface area contributed by atoms with Gasteiger partial charge in [0.1, 0.15) is 11.9 Å². The number of fused-ring (bicyclic) bond motifs is 1. The summed E-state index contributed by atoms with van der Waals surface area (Å²) in [7, 11) is 0. The van der Waals surface area contributed by atoms with Crippen LogP contribution < -0.4 is 10.1 Å². The number of rotatable bonds is 4. The predicted molar refractivity (Wildman–Crippen MR) is 132 cm³/mol. The number of para-hydroxylation sites is 1. The van der Waals surface area contributed by atoms with E-state index in [1.807, 2.05) is 69.3 Å². The standard InChI is InChI=1S/C29H28N2O4/c1-18-8-6-10-20(14-18)26(33)31-23(16-29(3)17-25(32)30-28(29)31)22-12-4-5-13-24(22)35-27(34)21-11-7-9-19(2)15-21/h4-15,23,28H,16-17H2,1-3H3,(H,30,32)/t23-,28-,29+/m0/s1. The van der Waals surface area contributed by atoms with E-state index in [4.69, 9.17) is 4.74 Å². The van der Waals surface area contributed by atoms with Gasteiger partial charge in [-0.1, -0.05) is 60.5 Å². The minimum absolute atomic E-state index is 0.0582. The van der Waals surface area contributed by atoms with Gasteiger partial charge < -0.3 is 15.0 Å². The summed E-state index contributed by atoms with van der Waals surface area (Å²) in [4.78, 5) is 40.9. The average molecular weight is 469 g/mol. The van der Waals surface area contributed by atoms with Crippen molar-refractivity contribution in [1.82, 2.24) is 10.2 Å². The maximum atomic E-state index is 13.8. The summed E-state index contributed by atoms with van der Waals surface area (Å²) in [6.07, 6.45) is 0.484. The molecule has 3 aromatic carbocycles. The van der Waals surface area contributed by atoms with Gasteiger partial charge in [-0.3, -0.25) is 9.59 Å². The number of nitrogens with one attached hydrogen (secondary N) is 1. The van der Waals surface area contributed by atoms with Gasteiger partial charge in [-0.2, -0.15) is 0 Å². The molecule has 2 amide bonds. The van der Waals surface area contributed by atoms with E-state index in [1.165, 1.54) is 0 Å². The molecule has 0 radical (unpaired) electrons. The SMILES string of the molecule is Cc1cccc(C(=O)Oc2ccccc2[C@@H]2C[C@]3(C)CC(=O)N[C@H]3N2C(=O)c2cccc(C)c2)c1. The maximum absolute atomic E-state index is 13.8. The minimum atomic E-state index is -0.449. The van der Waals surface area contributed by atoms with Crippen LogP contribution in [0.5, 0.6) is 5.75 Å². The Bertz CT molecular complexity index is 1330. The molecule has 2 fully saturated rings. The molecule has 0 bridgehead atoms. The van der Waals surface area contributed by atoms with Crippen molar-refractivity contribution in [1.29, 1.82) is 0 Å². The van der Waals surface area contributed by atoms with Crippen molar-refractivity contribution in [3.63, 3.8) is 0 Å². The maximum Gasteiger partial charge on any atom is 0.343 e. The third-order valence-corrected chi connectivity index (χ3v) is 7.03. The lowest BCUT2D eigenvalue weighted by Crippen LogP contribution is -2.47. The van der Waals surface area contributed by atoms with E-state index in [0.717, 1.165) is 16.7 Å². The highest BCUT2D eigenvalue weighted by Gasteiger charge is 2.57. The van der Waals surface area contributed by atoms with Gasteiger partial charge in [0.2, 0.25) is 5.91 Å². The molecule has 2 saturated heterocycles. The van der Waals surface area contributed by atoms with E-state index < -0.39 is 17.6 Å². The molecule has 6 nitrogen and oxygen atoms in total. The number of carbonyl (C=O) groups is 3. The van der Waals surface area contributed by atoms with Crippen molar-refractivity contribution in [2.75, 3.05) is 0 Å². The number of aryl methyl sites for hydroxylation is 2. The van der Waals surface area contributed by atoms with Gasteiger partial charge in [0.15, 0.2) is 0 Å². The number of amides is 2. The van der Waals surface area contributed by atoms with Crippen LogP contribution in [0.1, 0.15) is 63.2 Å². The second-order valence-corrected chi connectivity index (χ2v) is 9.90. The van der Waals surface area contributed by atoms with Gasteiger partial charge in [0.05, 0.1) is 11.6 Å². The Hall–Kier alpha value is -3.93. The number of benzene rings is 3. The predicted octanol–water partition coefficient (Wildman–Crippen LogP) is 4.96. The molecule has 2 aliphatic heterocycles. The second-order valence-electron chi connectivity index (χ2n) is 9.90. The zero-order chi connectivity index (χ0) is 24.7. The summed E-state index contributed by atoms with van der Waals surface area (Å²) in [5, 5.41) is 3.02. The van der Waals surface area contributed by atoms with Crippen molar-refractivity contribution in [2.45, 2.75) is 45.8 Å². The summed E-state index contributed by atoms with van der Waals surface area (Å²) in [6, 6.07) is 21.7. The van der Waals surface area contributed by atoms with Gasteiger partial charge >= 0.3 is 5.97 Å². The van der Waals surface area contributed by atoms with E-state index in [2.05, 4.69) is 5.32 Å². The van der Waals surface area contributed by atoms with Crippen molar-refractivity contribution in [3.05, 3.63) is 101 Å². The summed E-state index contributed by atoms with van der Waals surface area (Å²) >= 11 is 0. The molecular formula is C29H28N2O4. The zero-order valence-electron chi connectivity index (χ0n) is 20.1. The lowest BCUT2D eigenvalue weighted by Gasteiger charge is -2.32. The molecule has 0 saturated carbocycles. The molecule has 2 aliphatic rings. The van der Waals surface area contributed by atoms with Crippen LogP contribution in [0.3, 0.4) is 0 Å². The quantitative estimate of drug-likeness (QED) is 0.434. The molecule has 0 aliphatic carbocycles. The summed E-state index contributed by atoms with van der Waals surface area (Å²) in [5.41, 5.74) is 3.31. The van der Waals surface area contributed by atoms with Crippen molar-refractivity contribution < 1.29 is 19.1 Å². The number of esters is 1. The fourth-order valence-electron chi connectivity index (χ4n) is 5.38. The second kappa shape index (κ2) is 8.69. The first-order valence-electron chi connectivity index (χ1n) is 11.8. The van der Waals surface area contributed by atoms with E-state index in [1.54, 1.807) is 29.2 Å². The van der Waals surface area contributed by atoms with Crippen LogP contribution in [0, 0.1) is 19.3 Å². The molecule has 35 heavy (non-hydrogen) atoms. The Balaban J connectivity index is 1.53. The first-order chi connectivity index (χ1) is 16.7. The van der Waals surface area contributed by atoms with Crippen LogP contribution in [-0.4, -0.2) is 28.8 Å². The molecule has 3 atom stereocenters. The van der Waals surface area contributed by atoms with E-state index in [0.29, 0.717) is 29.7 Å². The molecule has 178 valence electrons. The van der Waals surface area contributed by atoms with Crippen molar-refractivity contribution in [2.24, 2.45) is 5.41 Å². The Morgan fingerprint density at radius 1 is 0.943 bits per heavy atom. The van der Waals surface area contributed by atoms with Crippen LogP contribution in [0.2, 0.25) is 0 Å². The molecule has 5 rings (SSSR count). The largest absolute Gasteiger partial charge is 0.423 e. The van der Waals surface area contributed by atoms with Crippen LogP contribution in [0.25, 0.3) is 0 Å². The van der Waals surface area contributed by atoms with Crippen molar-refractivity contribution in [3.8, 4) is 5.75 Å². The Morgan fingerprint density at radius 3 is 2.31 bits per heavy atom. The number of carbonyl (C=O) groups excluding carboxylic acids is 3. The number of likely N-dealkylation sites (tertiary alicyclic amines) is 1. The lowest BCUT2D eigenvalue weighted by molar-refractivity contribution is -0.120. The summed E-state index contributed by atoms with van der Waals surface area (Å²) in [6.45, 7) is 5.90. The topological polar surface area (TPSA) is 75.7 Å². The highest BCUT2D eigenvalue weighted by Crippen LogP contribution is 2.53. The van der Waals surface area contributed by atoms with E-state index in [-0.39, 0.29) is 17.9 Å². The van der Waals surface area contributed by atoms with Gasteiger partial charge in [0.25, 0.3) is 5.91 Å². The number of hydrogen-bond donors (Lipinski definition) is 1. The third kappa shape index (κ3) is 4.20. The lowest BCUT2D eigenvalue weighted by atomic mass is 9.83. The molecule has 6 heteroatoms. The summed E-state index contributed by atoms with van der Waals surface area (Å²) < 4.78 is 5.86. The molecule has 2 heterocycles. The van der Waals surface area contributed by atoms with Crippen LogP contribution >= 0.6 is 0 Å². The Kier molecular flexibility index (Phi) is 5.67. The first-order valence-corrected chi connectivity index (χ1v) is 11.8. The minimum Gasteiger partial charge on any atom is -0.423 e. The number of hydrogen-bond acceptors (Lipinski definition) is 4. The zero-order valence-corrected chi connectivity index (χ0v) is 20.1. The molecule has 1 N–H and O–H groups in total. The smallest absolute Gasteiger partial charge is 0.343 e. The highest BCUT2D eigenvalue weighted by atomic mass is 16.5. The third-order valence-electron chi connectivity index (χ3n) is 7.03. The Morgan fingerprint density at radius 2 is 1.60 bits per heavy atom. The fourth-order valence-corrected chi connectivity index (χ4v) is 5.38. The van der Waals surface area contributed by atoms with Crippen LogP contribution in [0.15, 0.2) is 72.8 Å². The Labute approximate surface area is 204 Å². The molecule has 3 aromatic rings. The first kappa shape index (κ1) is 22.8. The normalized spacial score (nSPS) is 23.1. The molecule has 0 unspecified atom stereocenters. The monoisotopic (exact) mass is 468 g/mol. The van der Waals surface area contributed by atoms with Gasteiger partial charge in [-0.05, 0) is 50.6 Å². The van der Waals surface area contributed by atoms with Gasteiger partial charge in [0, 0.05) is 23.0 Å². The van der Waals surface area contributed by atoms with E-state index >= 15 is 0 Å². The molecule has 0 aromatic heterocycles. The number of nitrogens with zero attached hydrogens (tertiary/aromatic N) is 1. The fraction of sp³-hybridized carbons (Fsp3) is 0.276. The van der Waals surface area contributed by atoms with Crippen LogP contribution in [-0.2, 0) is 4.79 Å². The van der Waals surface area contributed by atoms with Gasteiger partial charge in [-0.25, -0.2) is 4.79 Å². The van der Waals surface area contributed by atoms with Crippen molar-refractivity contribution >= 4 is 17.8 Å². The number of ether oxygens (including phenoxy) is 1. The van der Waals surface area contributed by atoms with E-state index in [9.17, 15) is 14.4 Å². The summed E-state index contributed by atoms with van der Waals surface area (Å²) in [5.74, 6) is -0.247. The van der Waals surface area contributed by atoms with Gasteiger partial charge in [-0.15, -0.1) is 0 Å². The average Bonchev–Trinajstić information content (AvgIpc) is 3.27. The molecular weight excluding hydrogens is 440 g/mol. The van der Waals surface area contributed by atoms with Crippen LogP contribution in [0.4, 0.5) is 0 Å². The highest BCUT2D eigenvalue weighted by molar-refractivity contribution is 5.96.